The number of aromatic nitrogens is 4. The van der Waals surface area contributed by atoms with Crippen molar-refractivity contribution in [1.29, 1.82) is 0 Å². The first kappa shape index (κ1) is 47.2. The summed E-state index contributed by atoms with van der Waals surface area (Å²) < 4.78 is 29.0. The van der Waals surface area contributed by atoms with Gasteiger partial charge in [0.15, 0.2) is 17.4 Å². The van der Waals surface area contributed by atoms with Crippen LogP contribution in [-0.4, -0.2) is 67.7 Å². The Balaban J connectivity index is 0.000000642. The number of carbonyl (C=O) groups excluding carboxylic acids is 1. The van der Waals surface area contributed by atoms with E-state index in [1.165, 1.54) is 0 Å². The van der Waals surface area contributed by atoms with Gasteiger partial charge in [0.25, 0.3) is 0 Å². The van der Waals surface area contributed by atoms with Crippen LogP contribution in [0.3, 0.4) is 0 Å². The second-order valence-corrected chi connectivity index (χ2v) is 13.0. The lowest BCUT2D eigenvalue weighted by Gasteiger charge is -2.32. The molecule has 21 heteroatoms. The normalized spacial score (nSPS) is 13.2. The largest absolute Gasteiger partial charge is 0.532 e. The summed E-state index contributed by atoms with van der Waals surface area (Å²) in [6, 6.07) is 7.50. The quantitative estimate of drug-likeness (QED) is 0.0568. The van der Waals surface area contributed by atoms with Crippen molar-refractivity contribution in [2.45, 2.75) is 59.7 Å². The minimum absolute atomic E-state index is 0. The molecule has 15 nitrogen and oxygen atoms in total. The smallest absolute Gasteiger partial charge is 0.470 e. The summed E-state index contributed by atoms with van der Waals surface area (Å²) in [4.78, 5) is 29.7. The summed E-state index contributed by atoms with van der Waals surface area (Å²) in [6.07, 6.45) is 3.09. The summed E-state index contributed by atoms with van der Waals surface area (Å²) in [6.45, 7) is 14.0. The maximum atomic E-state index is 10.4. The van der Waals surface area contributed by atoms with Crippen LogP contribution in [0, 0.1) is 13.8 Å². The van der Waals surface area contributed by atoms with Gasteiger partial charge in [-0.1, -0.05) is 0 Å². The van der Waals surface area contributed by atoms with Crippen LogP contribution in [0.1, 0.15) is 46.1 Å². The number of anilines is 2. The number of hydrogen-bond acceptors (Lipinski definition) is 16. The Morgan fingerprint density at radius 2 is 1.46 bits per heavy atom. The van der Waals surface area contributed by atoms with Gasteiger partial charge >= 0.3 is 13.1 Å². The first-order valence-electron chi connectivity index (χ1n) is 14.1. The molecule has 0 radical (unpaired) electrons. The molecule has 5 heterocycles. The summed E-state index contributed by atoms with van der Waals surface area (Å²) >= 11 is 13.7. The molecular formula is C29H39BBr3ClN8O7S. The predicted molar refractivity (Wildman–Crippen MR) is 207 cm³/mol. The van der Waals surface area contributed by atoms with Gasteiger partial charge in [0, 0.05) is 0 Å². The average Bonchev–Trinajstić information content (AvgIpc) is 3.74. The molecule has 0 bridgehead atoms. The summed E-state index contributed by atoms with van der Waals surface area (Å²) in [5, 5.41) is 8.56. The van der Waals surface area contributed by atoms with Crippen LogP contribution in [0.25, 0.3) is 11.5 Å². The van der Waals surface area contributed by atoms with E-state index in [1.807, 2.05) is 65.8 Å². The van der Waals surface area contributed by atoms with Gasteiger partial charge in [-0.25, -0.2) is 30.8 Å². The maximum absolute atomic E-state index is 10.4. The molecule has 1 aliphatic rings. The lowest BCUT2D eigenvalue weighted by atomic mass is 9.86. The SMILES string of the molecule is CCOC(=O)CN=C=S.Cc1ccc(-c2nc(Br)cnc2N)o1.Cc1ccc(B2OC(C)(C)C(C)(C)O2)o1.Cl.NO.Nc1ncc(Br)nc1Br. The van der Waals surface area contributed by atoms with Crippen molar-refractivity contribution < 1.29 is 32.9 Å². The summed E-state index contributed by atoms with van der Waals surface area (Å²) in [5.41, 5.74) is 11.7. The Morgan fingerprint density at radius 1 is 0.940 bits per heavy atom. The lowest BCUT2D eigenvalue weighted by Crippen LogP contribution is -2.41. The molecule has 5 rings (SSSR count). The molecule has 4 aromatic heterocycles. The van der Waals surface area contributed by atoms with E-state index < -0.39 is 0 Å². The molecule has 274 valence electrons. The number of furan rings is 2. The van der Waals surface area contributed by atoms with Crippen LogP contribution in [0.4, 0.5) is 11.6 Å². The molecule has 4 aromatic rings. The van der Waals surface area contributed by atoms with Crippen LogP contribution < -0.4 is 23.0 Å². The summed E-state index contributed by atoms with van der Waals surface area (Å²) in [5.74, 6) is 6.23. The minimum atomic E-state index is -0.385. The number of nitrogens with zero attached hydrogens (tertiary/aromatic N) is 5. The molecule has 1 fully saturated rings. The Hall–Kier alpha value is -2.78. The fraction of sp³-hybridized carbons (Fsp3) is 0.379. The number of halogens is 4. The van der Waals surface area contributed by atoms with Gasteiger partial charge in [-0.3, -0.25) is 4.79 Å². The Morgan fingerprint density at radius 3 is 1.90 bits per heavy atom. The van der Waals surface area contributed by atoms with Crippen molar-refractivity contribution in [2.75, 3.05) is 24.6 Å². The van der Waals surface area contributed by atoms with E-state index in [-0.39, 0.29) is 43.2 Å². The van der Waals surface area contributed by atoms with E-state index in [0.717, 1.165) is 17.2 Å². The molecule has 1 saturated heterocycles. The van der Waals surface area contributed by atoms with Gasteiger partial charge < -0.3 is 39.6 Å². The van der Waals surface area contributed by atoms with Crippen LogP contribution in [0.15, 0.2) is 64.3 Å². The number of aliphatic imine (C=N–C) groups is 1. The number of carbonyl (C=O) groups is 1. The molecule has 0 spiro atoms. The number of ether oxygens (including phenoxy) is 1. The molecule has 0 aliphatic carbocycles. The van der Waals surface area contributed by atoms with Crippen molar-refractivity contribution in [1.82, 2.24) is 19.9 Å². The van der Waals surface area contributed by atoms with E-state index in [1.54, 1.807) is 19.3 Å². The number of nitrogen functional groups attached to an aromatic ring is 2. The van der Waals surface area contributed by atoms with Crippen molar-refractivity contribution in [3.05, 3.63) is 62.0 Å². The third kappa shape index (κ3) is 15.6. The molecule has 0 unspecified atom stereocenters. The standard InChI is InChI=1S/C11H17BO3.C9H8BrN3O.C5H7NO2S.C4H3Br2N3.ClH.H3NO/c1-8-6-7-9(13-8)12-14-10(2,3)11(4,5)15-12;1-5-2-3-6(14-5)8-9(11)12-4-7(10)13-8;1-2-8-5(7)3-6-4-9;5-2-1-8-4(7)3(6)9-2;;1-2/h6-7H,1-5H3;2-4H,1H3,(H2,11,12);2-3H2,1H3;1H,(H2,7,8);1H;2H,1H2. The van der Waals surface area contributed by atoms with Crippen molar-refractivity contribution in [3.63, 3.8) is 0 Å². The molecule has 0 amide bonds. The highest BCUT2D eigenvalue weighted by Gasteiger charge is 2.53. The Kier molecular flexibility index (Phi) is 21.6. The topological polar surface area (TPSA) is 233 Å². The number of isothiocyanates is 1. The highest BCUT2D eigenvalue weighted by atomic mass is 79.9. The van der Waals surface area contributed by atoms with Crippen LogP contribution in [0.2, 0.25) is 0 Å². The molecule has 0 saturated carbocycles. The highest BCUT2D eigenvalue weighted by molar-refractivity contribution is 9.11. The number of hydrogen-bond donors (Lipinski definition) is 4. The van der Waals surface area contributed by atoms with Gasteiger partial charge in [-0.2, -0.15) is 0 Å². The monoisotopic (exact) mass is 926 g/mol. The molecular weight excluding hydrogens is 890 g/mol. The van der Waals surface area contributed by atoms with Crippen molar-refractivity contribution in [3.8, 4) is 11.5 Å². The first-order chi connectivity index (χ1) is 23.0. The van der Waals surface area contributed by atoms with Gasteiger partial charge in [0.05, 0.1) is 41.1 Å². The van der Waals surface area contributed by atoms with Crippen LogP contribution >= 0.6 is 72.4 Å². The van der Waals surface area contributed by atoms with Gasteiger partial charge in [0.2, 0.25) is 0 Å². The third-order valence-electron chi connectivity index (χ3n) is 6.30. The molecule has 1 aliphatic heterocycles. The average molecular weight is 930 g/mol. The van der Waals surface area contributed by atoms with Crippen molar-refractivity contribution in [2.24, 2.45) is 10.9 Å². The van der Waals surface area contributed by atoms with Crippen molar-refractivity contribution >= 4 is 108 Å². The minimum Gasteiger partial charge on any atom is -0.470 e. The number of esters is 1. The number of nitrogens with two attached hydrogens (primary N) is 3. The van der Waals surface area contributed by atoms with E-state index in [9.17, 15) is 4.79 Å². The molecule has 50 heavy (non-hydrogen) atoms. The first-order valence-corrected chi connectivity index (χ1v) is 16.9. The maximum Gasteiger partial charge on any atom is 0.532 e. The number of thiocarbonyl (C=S) groups is 1. The molecule has 7 N–H and O–H groups in total. The second kappa shape index (κ2) is 22.9. The Bertz CT molecular complexity index is 1680. The third-order valence-corrected chi connectivity index (χ3v) is 7.77. The van der Waals surface area contributed by atoms with Gasteiger partial charge in [0.1, 0.15) is 37.5 Å². The lowest BCUT2D eigenvalue weighted by molar-refractivity contribution is -0.141. The van der Waals surface area contributed by atoms with Gasteiger partial charge in [-0.05, 0) is 133 Å². The predicted octanol–water partition coefficient (Wildman–Crippen LogP) is 6.27. The van der Waals surface area contributed by atoms with Crippen LogP contribution in [0.5, 0.6) is 0 Å². The van der Waals surface area contributed by atoms with Crippen LogP contribution in [-0.2, 0) is 18.8 Å². The molecule has 0 atom stereocenters. The summed E-state index contributed by atoms with van der Waals surface area (Å²) in [7, 11) is -0.385. The zero-order chi connectivity index (χ0) is 37.4. The fourth-order valence-electron chi connectivity index (χ4n) is 3.32. The number of aryl methyl sites for hydroxylation is 2. The fourth-order valence-corrected chi connectivity index (χ4v) is 4.47. The highest BCUT2D eigenvalue weighted by Crippen LogP contribution is 2.36. The van der Waals surface area contributed by atoms with E-state index in [0.29, 0.717) is 43.5 Å². The van der Waals surface area contributed by atoms with Gasteiger partial charge in [-0.15, -0.1) is 12.4 Å². The Labute approximate surface area is 327 Å². The number of rotatable bonds is 5. The molecule has 0 aromatic carbocycles. The van der Waals surface area contributed by atoms with E-state index >= 15 is 0 Å². The second-order valence-electron chi connectivity index (χ2n) is 10.5. The zero-order valence-electron chi connectivity index (χ0n) is 28.3. The van der Waals surface area contributed by atoms with E-state index in [4.69, 9.17) is 34.8 Å². The van der Waals surface area contributed by atoms with E-state index in [2.05, 4.69) is 101 Å². The zero-order valence-corrected chi connectivity index (χ0v) is 34.7.